The van der Waals surface area contributed by atoms with Gasteiger partial charge in [0.1, 0.15) is 17.2 Å². The summed E-state index contributed by atoms with van der Waals surface area (Å²) in [5.74, 6) is -1.10. The van der Waals surface area contributed by atoms with Gasteiger partial charge in [0.25, 0.3) is 11.8 Å². The summed E-state index contributed by atoms with van der Waals surface area (Å²) in [5, 5.41) is 29.7. The number of nitrogens with one attached hydrogen (secondary N) is 1. The molecule has 4 rings (SSSR count). The van der Waals surface area contributed by atoms with Gasteiger partial charge in [-0.3, -0.25) is 9.59 Å². The maximum absolute atomic E-state index is 11.8. The lowest BCUT2D eigenvalue weighted by Gasteiger charge is -2.09. The fraction of sp³-hybridized carbons (Fsp3) is 0.0526. The van der Waals surface area contributed by atoms with Gasteiger partial charge in [0.15, 0.2) is 11.5 Å². The second-order valence-electron chi connectivity index (χ2n) is 6.81. The first-order valence-electron chi connectivity index (χ1n) is 9.36. The van der Waals surface area contributed by atoms with Crippen LogP contribution >= 0.6 is 0 Å². The van der Waals surface area contributed by atoms with E-state index in [-0.39, 0.29) is 35.3 Å². The highest BCUT2D eigenvalue weighted by Gasteiger charge is 2.18. The van der Waals surface area contributed by atoms with E-state index in [0.717, 1.165) is 5.56 Å². The summed E-state index contributed by atoms with van der Waals surface area (Å²) >= 11 is 0. The van der Waals surface area contributed by atoms with Gasteiger partial charge >= 0.3 is 7.12 Å². The average Bonchev–Trinajstić information content (AvgIpc) is 3.21. The van der Waals surface area contributed by atoms with E-state index in [1.807, 2.05) is 0 Å². The van der Waals surface area contributed by atoms with Gasteiger partial charge in [-0.1, -0.05) is 35.5 Å². The molecule has 13 heteroatoms. The Kier molecular flexibility index (Phi) is 5.49. The number of nitrogens with zero attached hydrogens (tertiary/aromatic N) is 5. The quantitative estimate of drug-likeness (QED) is 0.220. The van der Waals surface area contributed by atoms with E-state index in [9.17, 15) is 19.6 Å². The lowest BCUT2D eigenvalue weighted by molar-refractivity contribution is 0.0986. The molecular formula is C19H17BN8O4. The first-order valence-corrected chi connectivity index (χ1v) is 9.36. The Morgan fingerprint density at radius 3 is 2.53 bits per heavy atom. The lowest BCUT2D eigenvalue weighted by Crippen LogP contribution is -2.30. The minimum Gasteiger partial charge on any atom is -0.423 e. The molecule has 0 fully saturated rings. The van der Waals surface area contributed by atoms with Crippen LogP contribution in [-0.4, -0.2) is 53.8 Å². The van der Waals surface area contributed by atoms with Gasteiger partial charge in [-0.25, -0.2) is 14.5 Å². The molecule has 0 saturated carbocycles. The molecule has 2 amide bonds. The van der Waals surface area contributed by atoms with Gasteiger partial charge in [-0.15, -0.1) is 5.10 Å². The van der Waals surface area contributed by atoms with Crippen LogP contribution in [0, 0.1) is 0 Å². The summed E-state index contributed by atoms with van der Waals surface area (Å²) in [6, 6.07) is 12.8. The molecule has 3 heterocycles. The van der Waals surface area contributed by atoms with E-state index in [2.05, 4.69) is 25.6 Å². The Morgan fingerprint density at radius 2 is 1.81 bits per heavy atom. The van der Waals surface area contributed by atoms with Crippen molar-refractivity contribution in [2.45, 2.75) is 6.54 Å². The fourth-order valence-electron chi connectivity index (χ4n) is 3.09. The lowest BCUT2D eigenvalue weighted by atomic mass is 9.80. The number of fused-ring (bicyclic) bond motifs is 1. The molecule has 3 aromatic heterocycles. The van der Waals surface area contributed by atoms with Crippen molar-refractivity contribution in [3.63, 3.8) is 0 Å². The molecular weight excluding hydrogens is 415 g/mol. The van der Waals surface area contributed by atoms with Crippen molar-refractivity contribution in [1.82, 2.24) is 24.8 Å². The number of hydrogen-bond donors (Lipinski definition) is 5. The van der Waals surface area contributed by atoms with Crippen molar-refractivity contribution >= 4 is 35.7 Å². The molecule has 1 aromatic carbocycles. The largest absolute Gasteiger partial charge is 0.488 e. The van der Waals surface area contributed by atoms with Gasteiger partial charge in [0.05, 0.1) is 5.52 Å². The molecule has 0 aliphatic carbocycles. The number of rotatable bonds is 7. The highest BCUT2D eigenvalue weighted by molar-refractivity contribution is 6.58. The van der Waals surface area contributed by atoms with Crippen molar-refractivity contribution in [2.24, 2.45) is 11.5 Å². The van der Waals surface area contributed by atoms with Crippen LogP contribution in [-0.2, 0) is 6.54 Å². The third-order valence-electron chi connectivity index (χ3n) is 4.61. The molecule has 0 aliphatic rings. The monoisotopic (exact) mass is 432 g/mol. The second-order valence-corrected chi connectivity index (χ2v) is 6.81. The van der Waals surface area contributed by atoms with Gasteiger partial charge in [-0.2, -0.15) is 0 Å². The highest BCUT2D eigenvalue weighted by Crippen LogP contribution is 2.22. The molecule has 0 saturated heterocycles. The number of amides is 2. The number of carbonyl (C=O) groups is 2. The van der Waals surface area contributed by atoms with E-state index in [0.29, 0.717) is 11.0 Å². The summed E-state index contributed by atoms with van der Waals surface area (Å²) < 4.78 is 1.26. The third-order valence-corrected chi connectivity index (χ3v) is 4.61. The van der Waals surface area contributed by atoms with Crippen LogP contribution in [0.2, 0.25) is 0 Å². The second kappa shape index (κ2) is 8.41. The Bertz CT molecular complexity index is 1340. The number of primary amides is 2. The van der Waals surface area contributed by atoms with Gasteiger partial charge in [0, 0.05) is 12.6 Å². The number of hydrogen-bond acceptors (Lipinski definition) is 9. The Morgan fingerprint density at radius 1 is 1.03 bits per heavy atom. The summed E-state index contributed by atoms with van der Waals surface area (Å²) in [6.45, 7) is 0.267. The normalized spacial score (nSPS) is 10.8. The number of carbonyl (C=O) groups excluding carboxylic acids is 2. The van der Waals surface area contributed by atoms with E-state index in [4.69, 9.17) is 11.5 Å². The van der Waals surface area contributed by atoms with E-state index in [1.54, 1.807) is 36.4 Å². The molecule has 0 aliphatic heterocycles. The highest BCUT2D eigenvalue weighted by atomic mass is 16.4. The summed E-state index contributed by atoms with van der Waals surface area (Å²) in [4.78, 5) is 32.0. The van der Waals surface area contributed by atoms with E-state index in [1.165, 1.54) is 16.6 Å². The molecule has 0 spiro atoms. The smallest absolute Gasteiger partial charge is 0.423 e. The number of nitrogens with two attached hydrogens (primary N) is 2. The summed E-state index contributed by atoms with van der Waals surface area (Å²) in [7, 11) is -1.59. The first-order chi connectivity index (χ1) is 15.3. The molecule has 0 atom stereocenters. The maximum atomic E-state index is 11.8. The van der Waals surface area contributed by atoms with Crippen molar-refractivity contribution in [2.75, 3.05) is 5.32 Å². The third kappa shape index (κ3) is 4.10. The summed E-state index contributed by atoms with van der Waals surface area (Å²) in [6.07, 6.45) is 0. The van der Waals surface area contributed by atoms with Crippen LogP contribution in [0.3, 0.4) is 0 Å². The van der Waals surface area contributed by atoms with Gasteiger partial charge in [0.2, 0.25) is 0 Å². The molecule has 4 aromatic rings. The minimum absolute atomic E-state index is 0.0516. The van der Waals surface area contributed by atoms with Crippen molar-refractivity contribution < 1.29 is 19.6 Å². The minimum atomic E-state index is -1.59. The van der Waals surface area contributed by atoms with Crippen LogP contribution in [0.4, 0.5) is 5.82 Å². The van der Waals surface area contributed by atoms with E-state index < -0.39 is 18.9 Å². The Hall–Kier alpha value is -4.36. The van der Waals surface area contributed by atoms with Crippen LogP contribution in [0.1, 0.15) is 26.5 Å². The zero-order valence-electron chi connectivity index (χ0n) is 16.5. The number of anilines is 1. The zero-order chi connectivity index (χ0) is 22.8. The van der Waals surface area contributed by atoms with Crippen LogP contribution in [0.25, 0.3) is 17.0 Å². The predicted octanol–water partition coefficient (Wildman–Crippen LogP) is -1.32. The average molecular weight is 432 g/mol. The SMILES string of the molecule is NC(=O)c1cc(NCc2cccc(B(O)O)c2)nc(-c2nnn3c(C(N)=O)cccc23)n1. The van der Waals surface area contributed by atoms with Gasteiger partial charge < -0.3 is 26.8 Å². The molecule has 0 unspecified atom stereocenters. The van der Waals surface area contributed by atoms with Gasteiger partial charge in [-0.05, 0) is 23.2 Å². The molecule has 0 radical (unpaired) electrons. The van der Waals surface area contributed by atoms with E-state index >= 15 is 0 Å². The topological polar surface area (TPSA) is 195 Å². The van der Waals surface area contributed by atoms with Crippen molar-refractivity contribution in [3.05, 3.63) is 65.5 Å². The number of aromatic nitrogens is 5. The van der Waals surface area contributed by atoms with Crippen LogP contribution in [0.5, 0.6) is 0 Å². The predicted molar refractivity (Wildman–Crippen MR) is 115 cm³/mol. The van der Waals surface area contributed by atoms with Crippen molar-refractivity contribution in [1.29, 1.82) is 0 Å². The Balaban J connectivity index is 1.71. The number of benzene rings is 1. The molecule has 7 N–H and O–H groups in total. The van der Waals surface area contributed by atoms with Crippen LogP contribution in [0.15, 0.2) is 48.5 Å². The summed E-state index contributed by atoms with van der Waals surface area (Å²) in [5.41, 5.74) is 12.6. The van der Waals surface area contributed by atoms with Crippen molar-refractivity contribution in [3.8, 4) is 11.5 Å². The fourth-order valence-corrected chi connectivity index (χ4v) is 3.09. The van der Waals surface area contributed by atoms with Crippen LogP contribution < -0.4 is 22.2 Å². The first kappa shape index (κ1) is 20.9. The molecule has 32 heavy (non-hydrogen) atoms. The maximum Gasteiger partial charge on any atom is 0.488 e. The molecule has 0 bridgehead atoms. The standard InChI is InChI=1S/C19H17BN8O4/c21-17(29)12-8-15(23-9-10-3-1-4-11(7-10)20(31)32)25-19(24-12)16-13-5-2-6-14(18(22)30)28(13)27-26-16/h1-8,31-32H,9H2,(H2,21,29)(H2,22,30)(H,23,24,25). The Labute approximate surface area is 181 Å². The number of pyridine rings is 1. The molecule has 12 nitrogen and oxygen atoms in total. The zero-order valence-corrected chi connectivity index (χ0v) is 16.5. The molecule has 160 valence electrons.